The van der Waals surface area contributed by atoms with E-state index < -0.39 is 62.5 Å². The van der Waals surface area contributed by atoms with Gasteiger partial charge in [0.05, 0.1) is 23.8 Å². The lowest BCUT2D eigenvalue weighted by atomic mass is 9.85. The molecule has 16 heteroatoms. The molecule has 2 aliphatic rings. The highest BCUT2D eigenvalue weighted by Crippen LogP contribution is 2.36. The van der Waals surface area contributed by atoms with E-state index in [4.69, 9.17) is 0 Å². The van der Waals surface area contributed by atoms with Crippen molar-refractivity contribution >= 4 is 44.8 Å². The zero-order valence-electron chi connectivity index (χ0n) is 24.9. The predicted octanol–water partition coefficient (Wildman–Crippen LogP) is 5.49. The Hall–Kier alpha value is -3.95. The first-order valence-electron chi connectivity index (χ1n) is 14.7. The molecule has 3 heterocycles. The Morgan fingerprint density at radius 1 is 0.915 bits per heavy atom. The van der Waals surface area contributed by atoms with Gasteiger partial charge in [0.2, 0.25) is 21.7 Å². The fourth-order valence-corrected chi connectivity index (χ4v) is 7.81. The van der Waals surface area contributed by atoms with Crippen molar-refractivity contribution in [3.63, 3.8) is 0 Å². The summed E-state index contributed by atoms with van der Waals surface area (Å²) in [4.78, 5) is 30.4. The van der Waals surface area contributed by atoms with Crippen LogP contribution < -0.4 is 10.5 Å². The first-order valence-corrected chi connectivity index (χ1v) is 16.1. The maximum atomic E-state index is 14.6. The molecule has 1 aliphatic carbocycles. The summed E-state index contributed by atoms with van der Waals surface area (Å²) in [6.07, 6.45) is 8.60. The van der Waals surface area contributed by atoms with Crippen molar-refractivity contribution in [2.24, 2.45) is 7.05 Å². The SMILES string of the molecule is Cl.Cn1ncc2cc(N(Cc3ccc(C4CCCCC4)cn3)C(=O)C3CCN3S(=O)(=O)c3c(F)c(F)c(F)c(F)c3F)ccc2c1=O. The monoisotopic (exact) mass is 697 g/mol. The molecule has 0 N–H and O–H groups in total. The van der Waals surface area contributed by atoms with E-state index in [1.165, 1.54) is 42.8 Å². The van der Waals surface area contributed by atoms with Crippen LogP contribution in [0.25, 0.3) is 10.8 Å². The fourth-order valence-electron chi connectivity index (χ4n) is 6.07. The molecule has 250 valence electrons. The quantitative estimate of drug-likeness (QED) is 0.144. The fraction of sp³-hybridized carbons (Fsp3) is 0.355. The number of aromatic nitrogens is 3. The van der Waals surface area contributed by atoms with Gasteiger partial charge in [0.15, 0.2) is 28.2 Å². The van der Waals surface area contributed by atoms with Gasteiger partial charge in [-0.3, -0.25) is 14.6 Å². The Bertz CT molecular complexity index is 1990. The lowest BCUT2D eigenvalue weighted by Gasteiger charge is -2.41. The van der Waals surface area contributed by atoms with E-state index >= 15 is 0 Å². The van der Waals surface area contributed by atoms with E-state index in [0.29, 0.717) is 26.7 Å². The Morgan fingerprint density at radius 3 is 2.17 bits per heavy atom. The van der Waals surface area contributed by atoms with Gasteiger partial charge in [-0.25, -0.2) is 35.1 Å². The molecule has 1 amide bonds. The molecule has 2 fully saturated rings. The maximum Gasteiger partial charge on any atom is 0.274 e. The number of aryl methyl sites for hydroxylation is 1. The summed E-state index contributed by atoms with van der Waals surface area (Å²) in [5, 5.41) is 4.70. The minimum atomic E-state index is -5.35. The van der Waals surface area contributed by atoms with Crippen LogP contribution in [0.15, 0.2) is 52.4 Å². The number of halogens is 6. The molecule has 1 unspecified atom stereocenters. The molecule has 6 rings (SSSR count). The number of hydrogen-bond acceptors (Lipinski definition) is 6. The highest BCUT2D eigenvalue weighted by Gasteiger charge is 2.48. The molecular formula is C31H29ClF5N5O4S. The predicted molar refractivity (Wildman–Crippen MR) is 164 cm³/mol. The number of carbonyl (C=O) groups excluding carboxylic acids is 1. The Kier molecular flexibility index (Phi) is 9.71. The second-order valence-electron chi connectivity index (χ2n) is 11.5. The summed E-state index contributed by atoms with van der Waals surface area (Å²) >= 11 is 0. The Labute approximate surface area is 272 Å². The number of hydrogen-bond donors (Lipinski definition) is 0. The maximum absolute atomic E-state index is 14.6. The highest BCUT2D eigenvalue weighted by atomic mass is 35.5. The summed E-state index contributed by atoms with van der Waals surface area (Å²) in [5.74, 6) is -12.8. The Morgan fingerprint density at radius 2 is 1.57 bits per heavy atom. The molecule has 1 aliphatic heterocycles. The van der Waals surface area contributed by atoms with E-state index in [1.54, 1.807) is 12.3 Å². The number of benzene rings is 2. The van der Waals surface area contributed by atoms with Crippen molar-refractivity contribution in [2.75, 3.05) is 11.4 Å². The average Bonchev–Trinajstić information content (AvgIpc) is 3.03. The molecule has 0 radical (unpaired) electrons. The van der Waals surface area contributed by atoms with Crippen LogP contribution in [0.5, 0.6) is 0 Å². The van der Waals surface area contributed by atoms with Crippen LogP contribution in [0.4, 0.5) is 27.6 Å². The number of anilines is 1. The molecule has 2 aromatic heterocycles. The second kappa shape index (κ2) is 13.3. The Balaban J connectivity index is 0.00000433. The van der Waals surface area contributed by atoms with Crippen LogP contribution >= 0.6 is 12.4 Å². The number of nitrogens with zero attached hydrogens (tertiary/aromatic N) is 5. The zero-order chi connectivity index (χ0) is 32.9. The molecular weight excluding hydrogens is 669 g/mol. The van der Waals surface area contributed by atoms with Gasteiger partial charge < -0.3 is 4.90 Å². The van der Waals surface area contributed by atoms with Crippen molar-refractivity contribution in [1.29, 1.82) is 0 Å². The lowest BCUT2D eigenvalue weighted by Crippen LogP contribution is -2.59. The minimum absolute atomic E-state index is 0. The third-order valence-corrected chi connectivity index (χ3v) is 10.7. The van der Waals surface area contributed by atoms with E-state index in [0.717, 1.165) is 35.9 Å². The first-order chi connectivity index (χ1) is 21.9. The molecule has 1 atom stereocenters. The number of sulfonamides is 1. The van der Waals surface area contributed by atoms with E-state index in [-0.39, 0.29) is 36.6 Å². The van der Waals surface area contributed by atoms with Gasteiger partial charge in [0.25, 0.3) is 5.56 Å². The van der Waals surface area contributed by atoms with Crippen molar-refractivity contribution in [1.82, 2.24) is 19.1 Å². The van der Waals surface area contributed by atoms with Crippen LogP contribution in [-0.4, -0.2) is 46.0 Å². The molecule has 0 spiro atoms. The van der Waals surface area contributed by atoms with Crippen LogP contribution in [0.3, 0.4) is 0 Å². The molecule has 9 nitrogen and oxygen atoms in total. The number of pyridine rings is 1. The molecule has 47 heavy (non-hydrogen) atoms. The highest BCUT2D eigenvalue weighted by molar-refractivity contribution is 7.89. The number of amides is 1. The summed E-state index contributed by atoms with van der Waals surface area (Å²) in [6, 6.07) is 6.64. The number of fused-ring (bicyclic) bond motifs is 1. The molecule has 4 aromatic rings. The molecule has 1 saturated heterocycles. The zero-order valence-corrected chi connectivity index (χ0v) is 26.6. The van der Waals surface area contributed by atoms with Gasteiger partial charge in [0, 0.05) is 30.9 Å². The van der Waals surface area contributed by atoms with Crippen molar-refractivity contribution in [2.45, 2.75) is 61.9 Å². The third-order valence-electron chi connectivity index (χ3n) is 8.74. The third kappa shape index (κ3) is 6.11. The molecule has 1 saturated carbocycles. The van der Waals surface area contributed by atoms with Crippen LogP contribution in [0, 0.1) is 29.1 Å². The van der Waals surface area contributed by atoms with Crippen LogP contribution in [0.2, 0.25) is 0 Å². The van der Waals surface area contributed by atoms with Gasteiger partial charge in [-0.1, -0.05) is 25.3 Å². The molecule has 2 aromatic carbocycles. The van der Waals surface area contributed by atoms with Gasteiger partial charge in [-0.15, -0.1) is 12.4 Å². The molecule has 0 bridgehead atoms. The summed E-state index contributed by atoms with van der Waals surface area (Å²) in [5.41, 5.74) is 1.36. The summed E-state index contributed by atoms with van der Waals surface area (Å²) in [7, 11) is -3.88. The number of rotatable bonds is 7. The van der Waals surface area contributed by atoms with Gasteiger partial charge >= 0.3 is 0 Å². The first kappa shape index (κ1) is 34.4. The van der Waals surface area contributed by atoms with E-state index in [9.17, 15) is 40.0 Å². The largest absolute Gasteiger partial charge is 0.305 e. The number of carbonyl (C=O) groups is 1. The second-order valence-corrected chi connectivity index (χ2v) is 13.3. The van der Waals surface area contributed by atoms with Crippen molar-refractivity contribution in [3.8, 4) is 0 Å². The average molecular weight is 698 g/mol. The van der Waals surface area contributed by atoms with Gasteiger partial charge in [-0.2, -0.15) is 9.40 Å². The van der Waals surface area contributed by atoms with Crippen LogP contribution in [-0.2, 0) is 28.4 Å². The van der Waals surface area contributed by atoms with Crippen molar-refractivity contribution < 1.29 is 35.2 Å². The van der Waals surface area contributed by atoms with E-state index in [2.05, 4.69) is 10.1 Å². The van der Waals surface area contributed by atoms with Gasteiger partial charge in [-0.05, 0) is 55.0 Å². The smallest absolute Gasteiger partial charge is 0.274 e. The van der Waals surface area contributed by atoms with Gasteiger partial charge in [0.1, 0.15) is 6.04 Å². The van der Waals surface area contributed by atoms with E-state index in [1.807, 2.05) is 6.07 Å². The topological polar surface area (TPSA) is 105 Å². The summed E-state index contributed by atoms with van der Waals surface area (Å²) < 4.78 is 98.8. The minimum Gasteiger partial charge on any atom is -0.305 e. The van der Waals surface area contributed by atoms with Crippen molar-refractivity contribution in [3.05, 3.63) is 93.4 Å². The summed E-state index contributed by atoms with van der Waals surface area (Å²) in [6.45, 7) is -0.557. The normalized spacial score (nSPS) is 17.3. The lowest BCUT2D eigenvalue weighted by molar-refractivity contribution is -0.125. The standard InChI is InChI=1S/C31H28F5N5O4S.ClH/c1-39-30(42)22-10-9-21(13-19(22)15-38-39)40(16-20-8-7-18(14-37-20)17-5-3-2-4-6-17)31(43)23-11-12-41(23)46(44,45)29-27(35)25(33)24(32)26(34)28(29)36;/h7-10,13-15,17,23H,2-6,11-12,16H2,1H3;1H. The van der Waals surface area contributed by atoms with Crippen LogP contribution in [0.1, 0.15) is 55.7 Å².